The van der Waals surface area contributed by atoms with Crippen LogP contribution in [0.25, 0.3) is 0 Å². The van der Waals surface area contributed by atoms with Crippen LogP contribution in [0.5, 0.6) is 0 Å². The van der Waals surface area contributed by atoms with E-state index in [9.17, 15) is 9.90 Å². The molecule has 0 atom stereocenters. The predicted octanol–water partition coefficient (Wildman–Crippen LogP) is 2.16. The number of anilines is 1. The number of hydrogen-bond acceptors (Lipinski definition) is 5. The van der Waals surface area contributed by atoms with E-state index in [1.165, 1.54) is 12.8 Å². The van der Waals surface area contributed by atoms with Gasteiger partial charge in [0.2, 0.25) is 0 Å². The quantitative estimate of drug-likeness (QED) is 0.740. The molecular weight excluding hydrogens is 270 g/mol. The summed E-state index contributed by atoms with van der Waals surface area (Å²) in [4.78, 5) is 21.6. The van der Waals surface area contributed by atoms with Gasteiger partial charge in [0.25, 0.3) is 0 Å². The number of aromatic nitrogens is 2. The van der Waals surface area contributed by atoms with Gasteiger partial charge in [0, 0.05) is 26.1 Å². The third-order valence-electron chi connectivity index (χ3n) is 3.54. The van der Waals surface area contributed by atoms with Crippen molar-refractivity contribution in [3.63, 3.8) is 0 Å². The number of carboxylic acids is 1. The molecule has 6 nitrogen and oxygen atoms in total. The maximum absolute atomic E-state index is 11.4. The molecule has 2 rings (SSSR count). The summed E-state index contributed by atoms with van der Waals surface area (Å²) >= 11 is 0. The van der Waals surface area contributed by atoms with Gasteiger partial charge in [0.05, 0.1) is 18.5 Å². The number of likely N-dealkylation sites (N-methyl/N-ethyl adjacent to an activating group) is 1. The van der Waals surface area contributed by atoms with Gasteiger partial charge < -0.3 is 14.7 Å². The molecule has 0 saturated heterocycles. The van der Waals surface area contributed by atoms with Crippen LogP contribution in [0.3, 0.4) is 0 Å². The molecule has 21 heavy (non-hydrogen) atoms. The summed E-state index contributed by atoms with van der Waals surface area (Å²) in [5.41, 5.74) is 0.584. The number of ether oxygens (including phenoxy) is 1. The summed E-state index contributed by atoms with van der Waals surface area (Å²) in [5.74, 6) is 0.359. The van der Waals surface area contributed by atoms with Gasteiger partial charge in [-0.05, 0) is 18.8 Å². The Labute approximate surface area is 125 Å². The molecule has 6 heteroatoms. The molecule has 0 aromatic carbocycles. The van der Waals surface area contributed by atoms with Crippen LogP contribution in [0.2, 0.25) is 0 Å². The third kappa shape index (κ3) is 4.39. The monoisotopic (exact) mass is 293 g/mol. The van der Waals surface area contributed by atoms with E-state index in [0.29, 0.717) is 24.7 Å². The second-order valence-corrected chi connectivity index (χ2v) is 5.86. The van der Waals surface area contributed by atoms with E-state index in [1.807, 2.05) is 25.8 Å². The lowest BCUT2D eigenvalue weighted by molar-refractivity contribution is 0.0690. The van der Waals surface area contributed by atoms with Gasteiger partial charge in [-0.25, -0.2) is 14.8 Å². The first-order valence-corrected chi connectivity index (χ1v) is 7.38. The van der Waals surface area contributed by atoms with Crippen LogP contribution >= 0.6 is 0 Å². The van der Waals surface area contributed by atoms with Gasteiger partial charge in [-0.15, -0.1) is 0 Å². The van der Waals surface area contributed by atoms with E-state index in [-0.39, 0.29) is 11.6 Å². The Balaban J connectivity index is 2.00. The van der Waals surface area contributed by atoms with E-state index in [0.717, 1.165) is 12.5 Å². The summed E-state index contributed by atoms with van der Waals surface area (Å²) in [5, 5.41) is 9.33. The molecule has 1 N–H and O–H groups in total. The van der Waals surface area contributed by atoms with Gasteiger partial charge in [0.1, 0.15) is 5.82 Å². The van der Waals surface area contributed by atoms with Crippen molar-refractivity contribution in [2.75, 3.05) is 31.7 Å². The Morgan fingerprint density at radius 3 is 2.81 bits per heavy atom. The van der Waals surface area contributed by atoms with Crippen LogP contribution in [0.4, 0.5) is 5.69 Å². The summed E-state index contributed by atoms with van der Waals surface area (Å²) in [7, 11) is 1.83. The minimum atomic E-state index is -1.03. The predicted molar refractivity (Wildman–Crippen MR) is 79.9 cm³/mol. The first kappa shape index (κ1) is 15.7. The average Bonchev–Trinajstić information content (AvgIpc) is 3.26. The summed E-state index contributed by atoms with van der Waals surface area (Å²) in [6, 6.07) is 0. The van der Waals surface area contributed by atoms with Crippen molar-refractivity contribution in [1.29, 1.82) is 0 Å². The largest absolute Gasteiger partial charge is 0.476 e. The van der Waals surface area contributed by atoms with Crippen LogP contribution in [-0.4, -0.2) is 47.8 Å². The zero-order chi connectivity index (χ0) is 15.4. The van der Waals surface area contributed by atoms with Crippen molar-refractivity contribution in [3.05, 3.63) is 17.7 Å². The standard InChI is InChI=1S/C15H23N3O3/c1-10(2)14-16-8-12(13(17-14)15(19)20)18(3)6-7-21-9-11-4-5-11/h8,10-11H,4-7,9H2,1-3H3,(H,19,20). The molecule has 0 bridgehead atoms. The molecule has 116 valence electrons. The molecule has 1 aromatic heterocycles. The number of hydrogen-bond donors (Lipinski definition) is 1. The smallest absolute Gasteiger partial charge is 0.356 e. The van der Waals surface area contributed by atoms with Crippen LogP contribution in [0, 0.1) is 5.92 Å². The van der Waals surface area contributed by atoms with Gasteiger partial charge in [-0.3, -0.25) is 0 Å². The van der Waals surface area contributed by atoms with Crippen molar-refractivity contribution in [1.82, 2.24) is 9.97 Å². The molecule has 0 unspecified atom stereocenters. The van der Waals surface area contributed by atoms with Crippen molar-refractivity contribution in [2.24, 2.45) is 5.92 Å². The summed E-state index contributed by atoms with van der Waals surface area (Å²) < 4.78 is 5.58. The molecule has 1 fully saturated rings. The van der Waals surface area contributed by atoms with Crippen molar-refractivity contribution in [3.8, 4) is 0 Å². The maximum Gasteiger partial charge on any atom is 0.356 e. The first-order chi connectivity index (χ1) is 9.99. The second kappa shape index (κ2) is 6.85. The van der Waals surface area contributed by atoms with Gasteiger partial charge >= 0.3 is 5.97 Å². The van der Waals surface area contributed by atoms with Crippen molar-refractivity contribution in [2.45, 2.75) is 32.6 Å². The van der Waals surface area contributed by atoms with Crippen LogP contribution in [0.15, 0.2) is 6.20 Å². The van der Waals surface area contributed by atoms with Crippen molar-refractivity contribution < 1.29 is 14.6 Å². The third-order valence-corrected chi connectivity index (χ3v) is 3.54. The lowest BCUT2D eigenvalue weighted by atomic mass is 10.2. The number of carboxylic acid groups (broad SMARTS) is 1. The molecule has 0 spiro atoms. The number of rotatable bonds is 8. The van der Waals surface area contributed by atoms with E-state index < -0.39 is 5.97 Å². The Morgan fingerprint density at radius 1 is 1.52 bits per heavy atom. The Morgan fingerprint density at radius 2 is 2.24 bits per heavy atom. The molecule has 1 aliphatic rings. The minimum Gasteiger partial charge on any atom is -0.476 e. The Kier molecular flexibility index (Phi) is 5.12. The van der Waals surface area contributed by atoms with E-state index in [1.54, 1.807) is 6.20 Å². The highest BCUT2D eigenvalue weighted by Crippen LogP contribution is 2.28. The maximum atomic E-state index is 11.4. The number of aromatic carboxylic acids is 1. The van der Waals surface area contributed by atoms with E-state index in [4.69, 9.17) is 4.74 Å². The van der Waals surface area contributed by atoms with Gasteiger partial charge in [-0.2, -0.15) is 0 Å². The zero-order valence-electron chi connectivity index (χ0n) is 12.9. The lowest BCUT2D eigenvalue weighted by Gasteiger charge is -2.21. The van der Waals surface area contributed by atoms with Crippen molar-refractivity contribution >= 4 is 11.7 Å². The average molecular weight is 293 g/mol. The number of carbonyl (C=O) groups is 1. The summed E-state index contributed by atoms with van der Waals surface area (Å²) in [6.45, 7) is 5.89. The molecule has 0 radical (unpaired) electrons. The number of nitrogens with zero attached hydrogens (tertiary/aromatic N) is 3. The highest BCUT2D eigenvalue weighted by molar-refractivity contribution is 5.91. The Hall–Kier alpha value is -1.69. The molecule has 1 heterocycles. The normalized spacial score (nSPS) is 14.5. The fraction of sp³-hybridized carbons (Fsp3) is 0.667. The Bertz CT molecular complexity index is 501. The molecular formula is C15H23N3O3. The SMILES string of the molecule is CC(C)c1ncc(N(C)CCOCC2CC2)c(C(=O)O)n1. The molecule has 0 amide bonds. The summed E-state index contributed by atoms with van der Waals surface area (Å²) in [6.07, 6.45) is 4.12. The lowest BCUT2D eigenvalue weighted by Crippen LogP contribution is -2.26. The van der Waals surface area contributed by atoms with Crippen LogP contribution < -0.4 is 4.90 Å². The van der Waals surface area contributed by atoms with E-state index >= 15 is 0 Å². The molecule has 1 saturated carbocycles. The highest BCUT2D eigenvalue weighted by atomic mass is 16.5. The first-order valence-electron chi connectivity index (χ1n) is 7.38. The topological polar surface area (TPSA) is 75.6 Å². The van der Waals surface area contributed by atoms with Gasteiger partial charge in [0.15, 0.2) is 5.69 Å². The fourth-order valence-electron chi connectivity index (χ4n) is 1.96. The van der Waals surface area contributed by atoms with Gasteiger partial charge in [-0.1, -0.05) is 13.8 Å². The second-order valence-electron chi connectivity index (χ2n) is 5.86. The molecule has 0 aliphatic heterocycles. The fourth-order valence-corrected chi connectivity index (χ4v) is 1.96. The molecule has 1 aromatic rings. The highest BCUT2D eigenvalue weighted by Gasteiger charge is 2.21. The van der Waals surface area contributed by atoms with E-state index in [2.05, 4.69) is 9.97 Å². The minimum absolute atomic E-state index is 0.0541. The molecule has 1 aliphatic carbocycles. The zero-order valence-corrected chi connectivity index (χ0v) is 12.9. The van der Waals surface area contributed by atoms with Crippen LogP contribution in [-0.2, 0) is 4.74 Å². The van der Waals surface area contributed by atoms with Crippen LogP contribution in [0.1, 0.15) is 48.9 Å².